The fraction of sp³-hybridized carbons (Fsp3) is 0.759. The van der Waals surface area contributed by atoms with Gasteiger partial charge in [-0.1, -0.05) is 153 Å². The quantitative estimate of drug-likeness (QED) is 0.170. The summed E-state index contributed by atoms with van der Waals surface area (Å²) >= 11 is 0. The average molecular weight is 447 g/mol. The Labute approximate surface area is 198 Å². The van der Waals surface area contributed by atoms with Crippen molar-refractivity contribution in [1.29, 1.82) is 0 Å². The van der Waals surface area contributed by atoms with Crippen LogP contribution in [0.2, 0.25) is 0 Å². The molecule has 0 aromatic heterocycles. The molecule has 0 saturated carbocycles. The standard InChI is InChI=1S/C29H50O3/c1-2-3-4-5-6-7-8-9-10-11-12-13-14-15-16-17-18-22-25-28(29(30)31)32-26-27-23-20-19-21-24-27/h19-21,23-24,28H,2-18,22,25-26H2,1H3,(H,30,31). The van der Waals surface area contributed by atoms with Crippen molar-refractivity contribution >= 4 is 5.97 Å². The molecule has 0 bridgehead atoms. The van der Waals surface area contributed by atoms with E-state index >= 15 is 0 Å². The van der Waals surface area contributed by atoms with E-state index in [0.717, 1.165) is 18.4 Å². The SMILES string of the molecule is CCCCCCCCCCCCCCCCCCCCC(OCc1ccccc1)C(=O)O. The summed E-state index contributed by atoms with van der Waals surface area (Å²) in [6.45, 7) is 2.65. The summed E-state index contributed by atoms with van der Waals surface area (Å²) in [4.78, 5) is 11.4. The molecule has 1 N–H and O–H groups in total. The van der Waals surface area contributed by atoms with Crippen LogP contribution in [0, 0.1) is 0 Å². The molecule has 0 spiro atoms. The fourth-order valence-electron chi connectivity index (χ4n) is 4.28. The largest absolute Gasteiger partial charge is 0.479 e. The van der Waals surface area contributed by atoms with Crippen LogP contribution in [-0.2, 0) is 16.1 Å². The molecular weight excluding hydrogens is 396 g/mol. The number of benzene rings is 1. The van der Waals surface area contributed by atoms with Crippen LogP contribution in [0.5, 0.6) is 0 Å². The maximum atomic E-state index is 11.4. The Morgan fingerprint density at radius 3 is 1.50 bits per heavy atom. The minimum atomic E-state index is -0.840. The Hall–Kier alpha value is -1.35. The molecule has 1 aromatic carbocycles. The number of rotatable bonds is 23. The van der Waals surface area contributed by atoms with Gasteiger partial charge in [-0.05, 0) is 12.0 Å². The van der Waals surface area contributed by atoms with Crippen molar-refractivity contribution < 1.29 is 14.6 Å². The predicted molar refractivity (Wildman–Crippen MR) is 136 cm³/mol. The molecule has 1 atom stereocenters. The van der Waals surface area contributed by atoms with E-state index in [-0.39, 0.29) is 0 Å². The number of unbranched alkanes of at least 4 members (excludes halogenated alkanes) is 17. The van der Waals surface area contributed by atoms with E-state index < -0.39 is 12.1 Å². The van der Waals surface area contributed by atoms with Crippen LogP contribution in [0.3, 0.4) is 0 Å². The summed E-state index contributed by atoms with van der Waals surface area (Å²) < 4.78 is 5.62. The normalized spacial score (nSPS) is 12.2. The molecule has 0 aliphatic heterocycles. The first kappa shape index (κ1) is 28.7. The second kappa shape index (κ2) is 21.5. The van der Waals surface area contributed by atoms with Gasteiger partial charge < -0.3 is 9.84 Å². The molecule has 3 nitrogen and oxygen atoms in total. The molecule has 1 aromatic rings. The minimum Gasteiger partial charge on any atom is -0.479 e. The lowest BCUT2D eigenvalue weighted by molar-refractivity contribution is -0.151. The highest BCUT2D eigenvalue weighted by Crippen LogP contribution is 2.16. The summed E-state index contributed by atoms with van der Waals surface area (Å²) in [5.41, 5.74) is 1.02. The second-order valence-electron chi connectivity index (χ2n) is 9.42. The Morgan fingerprint density at radius 1 is 0.688 bits per heavy atom. The predicted octanol–water partition coefficient (Wildman–Crippen LogP) is 9.09. The highest BCUT2D eigenvalue weighted by atomic mass is 16.5. The molecule has 0 heterocycles. The monoisotopic (exact) mass is 446 g/mol. The highest BCUT2D eigenvalue weighted by molar-refractivity contribution is 5.72. The lowest BCUT2D eigenvalue weighted by atomic mass is 10.0. The summed E-state index contributed by atoms with van der Waals surface area (Å²) in [6.07, 6.45) is 24.1. The van der Waals surface area contributed by atoms with E-state index in [1.54, 1.807) is 0 Å². The molecule has 184 valence electrons. The number of aliphatic carboxylic acids is 1. The van der Waals surface area contributed by atoms with Gasteiger partial charge in [-0.2, -0.15) is 0 Å². The van der Waals surface area contributed by atoms with Crippen LogP contribution in [0.1, 0.15) is 134 Å². The van der Waals surface area contributed by atoms with E-state index in [1.165, 1.54) is 103 Å². The van der Waals surface area contributed by atoms with Crippen LogP contribution in [0.4, 0.5) is 0 Å². The van der Waals surface area contributed by atoms with Gasteiger partial charge in [0.25, 0.3) is 0 Å². The summed E-state index contributed by atoms with van der Waals surface area (Å²) in [5, 5.41) is 9.37. The van der Waals surface area contributed by atoms with Gasteiger partial charge in [0.2, 0.25) is 0 Å². The number of ether oxygens (including phenoxy) is 1. The van der Waals surface area contributed by atoms with Crippen LogP contribution in [-0.4, -0.2) is 17.2 Å². The van der Waals surface area contributed by atoms with Gasteiger partial charge in [-0.25, -0.2) is 4.79 Å². The molecule has 0 aliphatic carbocycles. The van der Waals surface area contributed by atoms with Gasteiger partial charge in [0.1, 0.15) is 0 Å². The molecule has 1 unspecified atom stereocenters. The maximum Gasteiger partial charge on any atom is 0.332 e. The van der Waals surface area contributed by atoms with Crippen molar-refractivity contribution in [3.8, 4) is 0 Å². The first-order chi connectivity index (χ1) is 15.7. The van der Waals surface area contributed by atoms with Gasteiger partial charge in [-0.3, -0.25) is 0 Å². The van der Waals surface area contributed by atoms with E-state index in [9.17, 15) is 9.90 Å². The maximum absolute atomic E-state index is 11.4. The fourth-order valence-corrected chi connectivity index (χ4v) is 4.28. The molecule has 1 rings (SSSR count). The van der Waals surface area contributed by atoms with Crippen LogP contribution in [0.25, 0.3) is 0 Å². The van der Waals surface area contributed by atoms with E-state index in [1.807, 2.05) is 30.3 Å². The Bertz CT molecular complexity index is 528. The zero-order chi connectivity index (χ0) is 23.1. The van der Waals surface area contributed by atoms with Gasteiger partial charge in [0.05, 0.1) is 6.61 Å². The molecule has 0 fully saturated rings. The second-order valence-corrected chi connectivity index (χ2v) is 9.42. The number of hydrogen-bond donors (Lipinski definition) is 1. The minimum absolute atomic E-state index is 0.372. The third kappa shape index (κ3) is 17.2. The first-order valence-corrected chi connectivity index (χ1v) is 13.6. The number of carboxylic acid groups (broad SMARTS) is 1. The van der Waals surface area contributed by atoms with Crippen molar-refractivity contribution in [2.24, 2.45) is 0 Å². The molecular formula is C29H50O3. The number of hydrogen-bond acceptors (Lipinski definition) is 2. The van der Waals surface area contributed by atoms with Crippen LogP contribution < -0.4 is 0 Å². The van der Waals surface area contributed by atoms with Gasteiger partial charge in [0, 0.05) is 0 Å². The third-order valence-corrected chi connectivity index (χ3v) is 6.39. The summed E-state index contributed by atoms with van der Waals surface area (Å²) in [7, 11) is 0. The van der Waals surface area contributed by atoms with Crippen molar-refractivity contribution in [1.82, 2.24) is 0 Å². The lowest BCUT2D eigenvalue weighted by Gasteiger charge is -2.13. The van der Waals surface area contributed by atoms with Crippen molar-refractivity contribution in [2.75, 3.05) is 0 Å². The van der Waals surface area contributed by atoms with Gasteiger partial charge in [0.15, 0.2) is 6.10 Å². The lowest BCUT2D eigenvalue weighted by Crippen LogP contribution is -2.23. The van der Waals surface area contributed by atoms with E-state index in [4.69, 9.17) is 4.74 Å². The van der Waals surface area contributed by atoms with Gasteiger partial charge >= 0.3 is 5.97 Å². The van der Waals surface area contributed by atoms with E-state index in [2.05, 4.69) is 6.92 Å². The Balaban J connectivity index is 1.84. The zero-order valence-corrected chi connectivity index (χ0v) is 20.9. The van der Waals surface area contributed by atoms with Crippen molar-refractivity contribution in [3.63, 3.8) is 0 Å². The van der Waals surface area contributed by atoms with Crippen LogP contribution in [0.15, 0.2) is 30.3 Å². The number of carbonyl (C=O) groups is 1. The highest BCUT2D eigenvalue weighted by Gasteiger charge is 2.17. The zero-order valence-electron chi connectivity index (χ0n) is 20.9. The smallest absolute Gasteiger partial charge is 0.332 e. The topological polar surface area (TPSA) is 46.5 Å². The van der Waals surface area contributed by atoms with E-state index in [0.29, 0.717) is 13.0 Å². The molecule has 0 saturated heterocycles. The first-order valence-electron chi connectivity index (χ1n) is 13.6. The average Bonchev–Trinajstić information content (AvgIpc) is 2.80. The summed E-state index contributed by atoms with van der Waals surface area (Å²) in [6, 6.07) is 9.79. The summed E-state index contributed by atoms with van der Waals surface area (Å²) in [5.74, 6) is -0.840. The molecule has 0 amide bonds. The molecule has 32 heavy (non-hydrogen) atoms. The van der Waals surface area contributed by atoms with Gasteiger partial charge in [-0.15, -0.1) is 0 Å². The van der Waals surface area contributed by atoms with Crippen molar-refractivity contribution in [2.45, 2.75) is 142 Å². The number of carboxylic acids is 1. The third-order valence-electron chi connectivity index (χ3n) is 6.39. The molecule has 0 aliphatic rings. The Kier molecular flexibility index (Phi) is 19.3. The van der Waals surface area contributed by atoms with Crippen LogP contribution >= 0.6 is 0 Å². The molecule has 3 heteroatoms. The Morgan fingerprint density at radius 2 is 1.09 bits per heavy atom. The van der Waals surface area contributed by atoms with Crippen molar-refractivity contribution in [3.05, 3.63) is 35.9 Å². The molecule has 0 radical (unpaired) electrons.